The van der Waals surface area contributed by atoms with Crippen LogP contribution in [0.2, 0.25) is 0 Å². The van der Waals surface area contributed by atoms with Crippen molar-refractivity contribution in [3.05, 3.63) is 30.3 Å². The lowest BCUT2D eigenvalue weighted by Crippen LogP contribution is -2.09. The summed E-state index contributed by atoms with van der Waals surface area (Å²) in [5, 5.41) is 7.12. The number of methoxy groups -OCH3 is 1. The van der Waals surface area contributed by atoms with E-state index >= 15 is 0 Å². The Hall–Kier alpha value is -1.97. The van der Waals surface area contributed by atoms with Crippen molar-refractivity contribution in [3.63, 3.8) is 0 Å². The maximum absolute atomic E-state index is 5.66. The highest BCUT2D eigenvalue weighted by atomic mass is 16.5. The lowest BCUT2D eigenvalue weighted by Gasteiger charge is -2.08. The summed E-state index contributed by atoms with van der Waals surface area (Å²) in [5.41, 5.74) is 1.87. The van der Waals surface area contributed by atoms with Crippen LogP contribution in [0.4, 0.5) is 0 Å². The molecule has 0 amide bonds. The zero-order valence-electron chi connectivity index (χ0n) is 10.9. The molecule has 0 fully saturated rings. The van der Waals surface area contributed by atoms with Crippen molar-refractivity contribution in [3.8, 4) is 22.9 Å². The summed E-state index contributed by atoms with van der Waals surface area (Å²) in [6, 6.07) is 9.71. The third-order valence-electron chi connectivity index (χ3n) is 2.85. The highest BCUT2D eigenvalue weighted by Crippen LogP contribution is 2.29. The van der Waals surface area contributed by atoms with Gasteiger partial charge in [-0.2, -0.15) is 0 Å². The summed E-state index contributed by atoms with van der Waals surface area (Å²) >= 11 is 0. The average Bonchev–Trinajstić information content (AvgIpc) is 2.86. The molecule has 0 aliphatic heterocycles. The molecule has 0 bridgehead atoms. The van der Waals surface area contributed by atoms with E-state index in [1.54, 1.807) is 7.11 Å². The van der Waals surface area contributed by atoms with Gasteiger partial charge in [0.05, 0.1) is 18.9 Å². The fourth-order valence-electron chi connectivity index (χ4n) is 1.66. The highest BCUT2D eigenvalue weighted by Gasteiger charge is 2.10. The second-order valence-electron chi connectivity index (χ2n) is 4.16. The number of benzene rings is 1. The van der Waals surface area contributed by atoms with Crippen molar-refractivity contribution in [2.24, 2.45) is 0 Å². The molecule has 1 N–H and O–H groups in total. The van der Waals surface area contributed by atoms with Gasteiger partial charge in [0, 0.05) is 11.6 Å². The van der Waals surface area contributed by atoms with E-state index in [1.807, 2.05) is 37.3 Å². The predicted octanol–water partition coefficient (Wildman–Crippen LogP) is 3.26. The van der Waals surface area contributed by atoms with Crippen LogP contribution in [0.5, 0.6) is 11.6 Å². The van der Waals surface area contributed by atoms with Gasteiger partial charge >= 0.3 is 0 Å². The molecule has 0 saturated carbocycles. The van der Waals surface area contributed by atoms with E-state index in [0.29, 0.717) is 5.88 Å². The normalized spacial score (nSPS) is 12.2. The number of nitrogens with one attached hydrogen (secondary N) is 1. The molecule has 2 aromatic rings. The van der Waals surface area contributed by atoms with Crippen LogP contribution >= 0.6 is 0 Å². The van der Waals surface area contributed by atoms with Gasteiger partial charge in [-0.3, -0.25) is 5.10 Å². The molecule has 1 atom stereocenters. The smallest absolute Gasteiger partial charge is 0.233 e. The summed E-state index contributed by atoms with van der Waals surface area (Å²) in [4.78, 5) is 0. The molecule has 0 aliphatic rings. The van der Waals surface area contributed by atoms with Gasteiger partial charge in [0.2, 0.25) is 5.88 Å². The van der Waals surface area contributed by atoms with Crippen molar-refractivity contribution in [2.75, 3.05) is 7.11 Å². The number of nitrogens with zero attached hydrogens (tertiary/aromatic N) is 1. The van der Waals surface area contributed by atoms with Crippen molar-refractivity contribution in [2.45, 2.75) is 26.4 Å². The first-order valence-corrected chi connectivity index (χ1v) is 6.10. The molecule has 1 aromatic carbocycles. The lowest BCUT2D eigenvalue weighted by atomic mass is 10.1. The number of hydrogen-bond donors (Lipinski definition) is 1. The fraction of sp³-hybridized carbons (Fsp3) is 0.357. The van der Waals surface area contributed by atoms with Gasteiger partial charge in [0.25, 0.3) is 0 Å². The molecule has 1 aromatic heterocycles. The Morgan fingerprint density at radius 1 is 1.33 bits per heavy atom. The number of rotatable bonds is 5. The Balaban J connectivity index is 2.24. The minimum Gasteiger partial charge on any atom is -0.496 e. The van der Waals surface area contributed by atoms with Crippen molar-refractivity contribution in [1.82, 2.24) is 10.2 Å². The van der Waals surface area contributed by atoms with Crippen LogP contribution < -0.4 is 9.47 Å². The van der Waals surface area contributed by atoms with E-state index in [1.165, 1.54) is 0 Å². The Labute approximate surface area is 107 Å². The monoisotopic (exact) mass is 246 g/mol. The summed E-state index contributed by atoms with van der Waals surface area (Å²) in [6.45, 7) is 4.11. The molecular weight excluding hydrogens is 228 g/mol. The minimum absolute atomic E-state index is 0.166. The molecule has 96 valence electrons. The number of aromatic nitrogens is 2. The van der Waals surface area contributed by atoms with Gasteiger partial charge in [0.1, 0.15) is 5.75 Å². The third kappa shape index (κ3) is 2.64. The Morgan fingerprint density at radius 3 is 2.83 bits per heavy atom. The van der Waals surface area contributed by atoms with Gasteiger partial charge in [-0.05, 0) is 25.5 Å². The SMILES string of the molecule is CCC(C)Oc1cc(-c2ccccc2OC)[nH]n1. The molecule has 18 heavy (non-hydrogen) atoms. The number of H-pyrrole nitrogens is 1. The molecule has 0 radical (unpaired) electrons. The molecule has 2 rings (SSSR count). The summed E-state index contributed by atoms with van der Waals surface area (Å²) < 4.78 is 11.0. The van der Waals surface area contributed by atoms with E-state index < -0.39 is 0 Å². The van der Waals surface area contributed by atoms with Crippen LogP contribution in [0.3, 0.4) is 0 Å². The van der Waals surface area contributed by atoms with E-state index in [2.05, 4.69) is 17.1 Å². The Morgan fingerprint density at radius 2 is 2.11 bits per heavy atom. The average molecular weight is 246 g/mol. The van der Waals surface area contributed by atoms with E-state index in [9.17, 15) is 0 Å². The first-order valence-electron chi connectivity index (χ1n) is 6.10. The largest absolute Gasteiger partial charge is 0.496 e. The van der Waals surface area contributed by atoms with Gasteiger partial charge in [0.15, 0.2) is 0 Å². The van der Waals surface area contributed by atoms with Gasteiger partial charge in [-0.15, -0.1) is 5.10 Å². The number of ether oxygens (including phenoxy) is 2. The van der Waals surface area contributed by atoms with E-state index in [0.717, 1.165) is 23.4 Å². The number of hydrogen-bond acceptors (Lipinski definition) is 3. The maximum atomic E-state index is 5.66. The molecule has 4 nitrogen and oxygen atoms in total. The maximum Gasteiger partial charge on any atom is 0.233 e. The van der Waals surface area contributed by atoms with Gasteiger partial charge in [-0.25, -0.2) is 0 Å². The van der Waals surface area contributed by atoms with Crippen molar-refractivity contribution in [1.29, 1.82) is 0 Å². The van der Waals surface area contributed by atoms with Crippen LogP contribution in [0.15, 0.2) is 30.3 Å². The molecule has 0 aliphatic carbocycles. The second kappa shape index (κ2) is 5.58. The highest BCUT2D eigenvalue weighted by molar-refractivity contribution is 5.67. The van der Waals surface area contributed by atoms with E-state index in [4.69, 9.17) is 9.47 Å². The quantitative estimate of drug-likeness (QED) is 0.880. The first kappa shape index (κ1) is 12.5. The zero-order valence-corrected chi connectivity index (χ0v) is 10.9. The minimum atomic E-state index is 0.166. The Kier molecular flexibility index (Phi) is 3.87. The van der Waals surface area contributed by atoms with Gasteiger partial charge < -0.3 is 9.47 Å². The lowest BCUT2D eigenvalue weighted by molar-refractivity contribution is 0.208. The summed E-state index contributed by atoms with van der Waals surface area (Å²) in [7, 11) is 1.66. The Bertz CT molecular complexity index is 508. The molecule has 4 heteroatoms. The van der Waals surface area contributed by atoms with Gasteiger partial charge in [-0.1, -0.05) is 19.1 Å². The van der Waals surface area contributed by atoms with E-state index in [-0.39, 0.29) is 6.10 Å². The number of aromatic amines is 1. The number of para-hydroxylation sites is 1. The molecular formula is C14H18N2O2. The molecule has 0 saturated heterocycles. The molecule has 1 unspecified atom stereocenters. The fourth-order valence-corrected chi connectivity index (χ4v) is 1.66. The van der Waals surface area contributed by atoms with Crippen LogP contribution in [0, 0.1) is 0 Å². The predicted molar refractivity (Wildman–Crippen MR) is 71.0 cm³/mol. The van der Waals surface area contributed by atoms with Crippen LogP contribution in [-0.4, -0.2) is 23.4 Å². The van der Waals surface area contributed by atoms with Crippen LogP contribution in [0.1, 0.15) is 20.3 Å². The topological polar surface area (TPSA) is 47.1 Å². The van der Waals surface area contributed by atoms with Crippen molar-refractivity contribution >= 4 is 0 Å². The van der Waals surface area contributed by atoms with Crippen LogP contribution in [0.25, 0.3) is 11.3 Å². The second-order valence-corrected chi connectivity index (χ2v) is 4.16. The van der Waals surface area contributed by atoms with Crippen molar-refractivity contribution < 1.29 is 9.47 Å². The zero-order chi connectivity index (χ0) is 13.0. The molecule has 1 heterocycles. The molecule has 0 spiro atoms. The summed E-state index contributed by atoms with van der Waals surface area (Å²) in [6.07, 6.45) is 1.12. The standard InChI is InChI=1S/C14H18N2O2/c1-4-10(2)18-14-9-12(15-16-14)11-7-5-6-8-13(11)17-3/h5-10H,4H2,1-3H3,(H,15,16). The van der Waals surface area contributed by atoms with Crippen LogP contribution in [-0.2, 0) is 0 Å². The first-order chi connectivity index (χ1) is 8.74. The third-order valence-corrected chi connectivity index (χ3v) is 2.85. The summed E-state index contributed by atoms with van der Waals surface area (Å²) in [5.74, 6) is 1.43.